The van der Waals surface area contributed by atoms with Crippen LogP contribution in [0.25, 0.3) is 0 Å². The normalized spacial score (nSPS) is 15.0. The van der Waals surface area contributed by atoms with Gasteiger partial charge in [-0.15, -0.1) is 5.92 Å². The summed E-state index contributed by atoms with van der Waals surface area (Å²) in [5.41, 5.74) is 0.374. The predicted octanol–water partition coefficient (Wildman–Crippen LogP) is 4.26. The largest absolute Gasteiger partial charge is 0.396 e. The van der Waals surface area contributed by atoms with Crippen molar-refractivity contribution in [2.45, 2.75) is 100.0 Å². The van der Waals surface area contributed by atoms with E-state index in [1.54, 1.807) is 11.8 Å². The van der Waals surface area contributed by atoms with Gasteiger partial charge in [-0.05, 0) is 51.9 Å². The first-order chi connectivity index (χ1) is 16.3. The Labute approximate surface area is 214 Å². The maximum atomic E-state index is 12.3. The number of allylic oxidation sites excluding steroid dienone is 1. The minimum absolute atomic E-state index is 0.00797. The number of aliphatic hydroxyl groups is 1. The molecule has 0 bridgehead atoms. The Kier molecular flexibility index (Phi) is 18.8. The molecule has 1 saturated heterocycles. The van der Waals surface area contributed by atoms with Crippen LogP contribution in [0.3, 0.4) is 0 Å². The second-order valence-electron chi connectivity index (χ2n) is 9.90. The molecular formula is C28H51N3O4. The SMILES string of the molecule is C=C1CC(C(C)C)C(=O)N1CCC(=O)NC(C)(C)CCO.CC.CC#CCNC(=O)CCC(C)C. The third-order valence-corrected chi connectivity index (χ3v) is 5.50. The van der Waals surface area contributed by atoms with Gasteiger partial charge in [-0.25, -0.2) is 0 Å². The molecule has 0 aromatic rings. The molecule has 1 aliphatic rings. The minimum atomic E-state index is -0.432. The summed E-state index contributed by atoms with van der Waals surface area (Å²) in [6.07, 6.45) is 3.01. The number of hydrogen-bond donors (Lipinski definition) is 3. The van der Waals surface area contributed by atoms with Crippen LogP contribution in [-0.4, -0.2) is 53.0 Å². The Morgan fingerprint density at radius 3 is 2.23 bits per heavy atom. The van der Waals surface area contributed by atoms with Gasteiger partial charge < -0.3 is 20.6 Å². The summed E-state index contributed by atoms with van der Waals surface area (Å²) < 4.78 is 0. The van der Waals surface area contributed by atoms with Crippen LogP contribution >= 0.6 is 0 Å². The van der Waals surface area contributed by atoms with E-state index >= 15 is 0 Å². The van der Waals surface area contributed by atoms with Gasteiger partial charge in [-0.3, -0.25) is 14.4 Å². The minimum Gasteiger partial charge on any atom is -0.396 e. The fraction of sp³-hybridized carbons (Fsp3) is 0.750. The molecule has 0 spiro atoms. The molecule has 0 aromatic heterocycles. The van der Waals surface area contributed by atoms with Gasteiger partial charge in [0.2, 0.25) is 17.7 Å². The second kappa shape index (κ2) is 18.9. The van der Waals surface area contributed by atoms with Crippen LogP contribution in [0.5, 0.6) is 0 Å². The fourth-order valence-electron chi connectivity index (χ4n) is 3.33. The first-order valence-corrected chi connectivity index (χ1v) is 12.9. The molecule has 0 aromatic carbocycles. The van der Waals surface area contributed by atoms with Crippen molar-refractivity contribution in [1.29, 1.82) is 0 Å². The van der Waals surface area contributed by atoms with Crippen molar-refractivity contribution in [3.63, 3.8) is 0 Å². The summed E-state index contributed by atoms with van der Waals surface area (Å²) in [5.74, 6) is 6.45. The molecule has 35 heavy (non-hydrogen) atoms. The third-order valence-electron chi connectivity index (χ3n) is 5.50. The fourth-order valence-corrected chi connectivity index (χ4v) is 3.33. The van der Waals surface area contributed by atoms with E-state index in [0.29, 0.717) is 38.3 Å². The smallest absolute Gasteiger partial charge is 0.230 e. The number of carbonyl (C=O) groups is 3. The Balaban J connectivity index is 0. The molecule has 7 heteroatoms. The first-order valence-electron chi connectivity index (χ1n) is 12.9. The van der Waals surface area contributed by atoms with Crippen LogP contribution in [0.4, 0.5) is 0 Å². The molecule has 202 valence electrons. The number of rotatable bonds is 11. The summed E-state index contributed by atoms with van der Waals surface area (Å²) in [6, 6.07) is 0. The van der Waals surface area contributed by atoms with Crippen molar-refractivity contribution in [2.75, 3.05) is 19.7 Å². The average Bonchev–Trinajstić information content (AvgIpc) is 3.06. The molecule has 3 amide bonds. The van der Waals surface area contributed by atoms with Gasteiger partial charge in [0.1, 0.15) is 0 Å². The van der Waals surface area contributed by atoms with Crippen molar-refractivity contribution in [3.8, 4) is 11.8 Å². The lowest BCUT2D eigenvalue weighted by Gasteiger charge is -2.26. The van der Waals surface area contributed by atoms with Crippen molar-refractivity contribution in [1.82, 2.24) is 15.5 Å². The Hall–Kier alpha value is -2.33. The van der Waals surface area contributed by atoms with Crippen LogP contribution in [0.1, 0.15) is 94.4 Å². The first kappa shape index (κ1) is 34.8. The molecule has 1 heterocycles. The number of aliphatic hydroxyl groups excluding tert-OH is 1. The molecule has 1 atom stereocenters. The van der Waals surface area contributed by atoms with Crippen molar-refractivity contribution < 1.29 is 19.5 Å². The van der Waals surface area contributed by atoms with Gasteiger partial charge in [-0.2, -0.15) is 0 Å². The Morgan fingerprint density at radius 2 is 1.77 bits per heavy atom. The van der Waals surface area contributed by atoms with Gasteiger partial charge in [-0.1, -0.05) is 54.0 Å². The molecule has 1 rings (SSSR count). The highest BCUT2D eigenvalue weighted by atomic mass is 16.3. The van der Waals surface area contributed by atoms with E-state index in [2.05, 4.69) is 42.9 Å². The number of hydrogen-bond acceptors (Lipinski definition) is 4. The predicted molar refractivity (Wildman–Crippen MR) is 144 cm³/mol. The lowest BCUT2D eigenvalue weighted by molar-refractivity contribution is -0.131. The van der Waals surface area contributed by atoms with Crippen LogP contribution in [-0.2, 0) is 14.4 Å². The molecule has 1 aliphatic heterocycles. The number of nitrogens with zero attached hydrogens (tertiary/aromatic N) is 1. The van der Waals surface area contributed by atoms with Crippen LogP contribution < -0.4 is 10.6 Å². The van der Waals surface area contributed by atoms with E-state index in [4.69, 9.17) is 5.11 Å². The highest BCUT2D eigenvalue weighted by Gasteiger charge is 2.36. The summed E-state index contributed by atoms with van der Waals surface area (Å²) >= 11 is 0. The number of likely N-dealkylation sites (tertiary alicyclic amines) is 1. The molecule has 1 unspecified atom stereocenters. The van der Waals surface area contributed by atoms with Crippen molar-refractivity contribution in [2.24, 2.45) is 17.8 Å². The second-order valence-corrected chi connectivity index (χ2v) is 9.90. The molecule has 1 fully saturated rings. The number of nitrogens with one attached hydrogen (secondary N) is 2. The molecule has 0 saturated carbocycles. The zero-order chi connectivity index (χ0) is 27.6. The average molecular weight is 494 g/mol. The van der Waals surface area contributed by atoms with Gasteiger partial charge in [0.05, 0.1) is 6.54 Å². The van der Waals surface area contributed by atoms with Crippen LogP contribution in [0, 0.1) is 29.6 Å². The van der Waals surface area contributed by atoms with Crippen LogP contribution in [0.15, 0.2) is 12.3 Å². The van der Waals surface area contributed by atoms with Gasteiger partial charge in [0, 0.05) is 43.1 Å². The summed E-state index contributed by atoms with van der Waals surface area (Å²) in [5, 5.41) is 14.6. The molecule has 7 nitrogen and oxygen atoms in total. The molecule has 0 radical (unpaired) electrons. The van der Waals surface area contributed by atoms with Gasteiger partial charge in [0.15, 0.2) is 0 Å². The van der Waals surface area contributed by atoms with E-state index in [1.165, 1.54) is 0 Å². The number of carbonyl (C=O) groups excluding carboxylic acids is 3. The van der Waals surface area contributed by atoms with Gasteiger partial charge >= 0.3 is 0 Å². The Bertz CT molecular complexity index is 717. The highest BCUT2D eigenvalue weighted by molar-refractivity contribution is 5.85. The summed E-state index contributed by atoms with van der Waals surface area (Å²) in [7, 11) is 0. The maximum Gasteiger partial charge on any atom is 0.230 e. The monoisotopic (exact) mass is 493 g/mol. The van der Waals surface area contributed by atoms with E-state index in [9.17, 15) is 14.4 Å². The van der Waals surface area contributed by atoms with Crippen molar-refractivity contribution in [3.05, 3.63) is 12.3 Å². The van der Waals surface area contributed by atoms with E-state index in [-0.39, 0.29) is 42.6 Å². The maximum absolute atomic E-state index is 12.3. The lowest BCUT2D eigenvalue weighted by Crippen LogP contribution is -2.45. The number of amides is 3. The van der Waals surface area contributed by atoms with Gasteiger partial charge in [0.25, 0.3) is 0 Å². The zero-order valence-corrected chi connectivity index (χ0v) is 23.7. The molecular weight excluding hydrogens is 442 g/mol. The topological polar surface area (TPSA) is 98.7 Å². The Morgan fingerprint density at radius 1 is 1.17 bits per heavy atom. The quantitative estimate of drug-likeness (QED) is 0.375. The highest BCUT2D eigenvalue weighted by Crippen LogP contribution is 2.31. The molecule has 3 N–H and O–H groups in total. The summed E-state index contributed by atoms with van der Waals surface area (Å²) in [6.45, 7) is 22.6. The summed E-state index contributed by atoms with van der Waals surface area (Å²) in [4.78, 5) is 36.9. The lowest BCUT2D eigenvalue weighted by atomic mass is 9.94. The third kappa shape index (κ3) is 16.1. The van der Waals surface area contributed by atoms with E-state index in [1.807, 2.05) is 41.5 Å². The zero-order valence-electron chi connectivity index (χ0n) is 23.7. The van der Waals surface area contributed by atoms with E-state index < -0.39 is 5.54 Å². The molecule has 0 aliphatic carbocycles. The van der Waals surface area contributed by atoms with E-state index in [0.717, 1.165) is 12.1 Å². The van der Waals surface area contributed by atoms with Crippen LogP contribution in [0.2, 0.25) is 0 Å². The van der Waals surface area contributed by atoms with Crippen molar-refractivity contribution >= 4 is 17.7 Å². The standard InChI is InChI=1S/C16H28N2O3.C10H17NO.C2H6/c1-11(2)13-10-12(3)18(15(13)21)8-6-14(20)17-16(4,5)7-9-19;1-4-5-8-11-10(12)7-6-9(2)3;1-2/h11,13,19H,3,6-10H2,1-2,4-5H3,(H,17,20);9H,6-8H2,1-3H3,(H,11,12);1-2H3.